The summed E-state index contributed by atoms with van der Waals surface area (Å²) in [5, 5.41) is 2.91. The van der Waals surface area contributed by atoms with Crippen molar-refractivity contribution < 1.29 is 18.7 Å². The Kier molecular flexibility index (Phi) is 5.48. The van der Waals surface area contributed by atoms with Gasteiger partial charge in [-0.2, -0.15) is 0 Å². The van der Waals surface area contributed by atoms with Gasteiger partial charge in [-0.1, -0.05) is 49.4 Å². The van der Waals surface area contributed by atoms with Gasteiger partial charge in [-0.15, -0.1) is 0 Å². The maximum absolute atomic E-state index is 13.0. The van der Waals surface area contributed by atoms with Crippen molar-refractivity contribution in [1.29, 1.82) is 0 Å². The van der Waals surface area contributed by atoms with Crippen LogP contribution in [0.3, 0.4) is 0 Å². The van der Waals surface area contributed by atoms with E-state index in [9.17, 15) is 18.7 Å². The van der Waals surface area contributed by atoms with Crippen molar-refractivity contribution in [3.63, 3.8) is 0 Å². The molecule has 6 heteroatoms. The molecule has 0 aromatic heterocycles. The summed E-state index contributed by atoms with van der Waals surface area (Å²) in [5.74, 6) is -1.49. The minimum Gasteiger partial charge on any atom is -0.323 e. The van der Waals surface area contributed by atoms with Gasteiger partial charge in [-0.25, -0.2) is 4.39 Å². The Morgan fingerprint density at radius 2 is 1.64 bits per heavy atom. The van der Waals surface area contributed by atoms with Crippen LogP contribution in [0.25, 0.3) is 0 Å². The van der Waals surface area contributed by atoms with E-state index in [1.165, 1.54) is 24.3 Å². The highest BCUT2D eigenvalue weighted by Crippen LogP contribution is 2.50. The zero-order valence-electron chi connectivity index (χ0n) is 12.2. The van der Waals surface area contributed by atoms with Crippen molar-refractivity contribution >= 4 is 7.60 Å². The third-order valence-corrected chi connectivity index (χ3v) is 4.66. The summed E-state index contributed by atoms with van der Waals surface area (Å²) in [6, 6.07) is 14.9. The SMILES string of the molecule is C[C@H](CN[C@@H](c1ccc(F)cc1)P(=O)(O)O)c1ccccc1. The first-order valence-corrected chi connectivity index (χ1v) is 8.65. The van der Waals surface area contributed by atoms with Gasteiger partial charge in [-0.05, 0) is 29.2 Å². The molecule has 0 aliphatic carbocycles. The fraction of sp³-hybridized carbons (Fsp3) is 0.250. The molecule has 0 fully saturated rings. The van der Waals surface area contributed by atoms with E-state index >= 15 is 0 Å². The number of hydrogen-bond acceptors (Lipinski definition) is 2. The summed E-state index contributed by atoms with van der Waals surface area (Å²) in [4.78, 5) is 19.1. The number of rotatable bonds is 6. The molecular formula is C16H19FNO3P. The van der Waals surface area contributed by atoms with Crippen LogP contribution < -0.4 is 5.32 Å². The normalized spacial score (nSPS) is 14.5. The molecule has 0 aliphatic heterocycles. The van der Waals surface area contributed by atoms with Gasteiger partial charge >= 0.3 is 7.60 Å². The summed E-state index contributed by atoms with van der Waals surface area (Å²) in [6.07, 6.45) is 0. The van der Waals surface area contributed by atoms with Crippen molar-refractivity contribution in [1.82, 2.24) is 5.32 Å². The Balaban J connectivity index is 2.11. The first-order chi connectivity index (χ1) is 10.4. The van der Waals surface area contributed by atoms with Crippen molar-refractivity contribution in [2.45, 2.75) is 18.6 Å². The summed E-state index contributed by atoms with van der Waals surface area (Å²) in [6.45, 7) is 2.38. The van der Waals surface area contributed by atoms with Crippen molar-refractivity contribution in [2.75, 3.05) is 6.54 Å². The van der Waals surface area contributed by atoms with Crippen LogP contribution in [-0.4, -0.2) is 16.3 Å². The van der Waals surface area contributed by atoms with Crippen LogP contribution in [-0.2, 0) is 4.57 Å². The number of hydrogen-bond donors (Lipinski definition) is 3. The van der Waals surface area contributed by atoms with E-state index in [2.05, 4.69) is 5.32 Å². The molecule has 2 aromatic rings. The van der Waals surface area contributed by atoms with Gasteiger partial charge < -0.3 is 9.79 Å². The van der Waals surface area contributed by atoms with Crippen LogP contribution in [0.2, 0.25) is 0 Å². The van der Waals surface area contributed by atoms with Gasteiger partial charge in [0.1, 0.15) is 11.6 Å². The van der Waals surface area contributed by atoms with E-state index in [1.54, 1.807) is 0 Å². The predicted octanol–water partition coefficient (Wildman–Crippen LogP) is 3.40. The zero-order chi connectivity index (χ0) is 16.2. The highest BCUT2D eigenvalue weighted by molar-refractivity contribution is 7.52. The topological polar surface area (TPSA) is 69.6 Å². The van der Waals surface area contributed by atoms with Crippen molar-refractivity contribution in [3.8, 4) is 0 Å². The van der Waals surface area contributed by atoms with Gasteiger partial charge in [0.05, 0.1) is 0 Å². The molecule has 118 valence electrons. The Bertz CT molecular complexity index is 642. The summed E-state index contributed by atoms with van der Waals surface area (Å²) in [7, 11) is -4.39. The molecular weight excluding hydrogens is 304 g/mol. The molecule has 0 heterocycles. The molecule has 0 bridgehead atoms. The van der Waals surface area contributed by atoms with E-state index in [4.69, 9.17) is 0 Å². The second kappa shape index (κ2) is 7.16. The lowest BCUT2D eigenvalue weighted by atomic mass is 10.0. The lowest BCUT2D eigenvalue weighted by Crippen LogP contribution is -2.25. The van der Waals surface area contributed by atoms with Crippen LogP contribution in [0, 0.1) is 5.82 Å². The maximum atomic E-state index is 13.0. The largest absolute Gasteiger partial charge is 0.346 e. The maximum Gasteiger partial charge on any atom is 0.346 e. The number of nitrogens with one attached hydrogen (secondary N) is 1. The van der Waals surface area contributed by atoms with E-state index in [1.807, 2.05) is 37.3 Å². The minimum absolute atomic E-state index is 0.0932. The molecule has 0 spiro atoms. The van der Waals surface area contributed by atoms with Crippen LogP contribution >= 0.6 is 7.60 Å². The van der Waals surface area contributed by atoms with Crippen LogP contribution in [0.5, 0.6) is 0 Å². The first kappa shape index (κ1) is 16.8. The monoisotopic (exact) mass is 323 g/mol. The number of halogens is 1. The molecule has 0 radical (unpaired) electrons. The zero-order valence-corrected chi connectivity index (χ0v) is 13.1. The molecule has 2 atom stereocenters. The predicted molar refractivity (Wildman–Crippen MR) is 84.0 cm³/mol. The summed E-state index contributed by atoms with van der Waals surface area (Å²) >= 11 is 0. The van der Waals surface area contributed by atoms with Crippen molar-refractivity contribution in [3.05, 3.63) is 71.5 Å². The molecule has 22 heavy (non-hydrogen) atoms. The fourth-order valence-electron chi connectivity index (χ4n) is 2.26. The van der Waals surface area contributed by atoms with Gasteiger partial charge in [0.15, 0.2) is 0 Å². The smallest absolute Gasteiger partial charge is 0.323 e. The van der Waals surface area contributed by atoms with E-state index < -0.39 is 19.2 Å². The fourth-order valence-corrected chi connectivity index (χ4v) is 3.17. The van der Waals surface area contributed by atoms with E-state index in [0.29, 0.717) is 12.1 Å². The standard InChI is InChI=1S/C16H19FNO3P/c1-12(13-5-3-2-4-6-13)11-18-16(22(19,20)21)14-7-9-15(17)10-8-14/h2-10,12,16,18H,11H2,1H3,(H2,19,20,21)/t12-,16-/m1/s1. The molecule has 0 amide bonds. The van der Waals surface area contributed by atoms with Gasteiger partial charge in [0, 0.05) is 6.54 Å². The number of benzene rings is 2. The Morgan fingerprint density at radius 1 is 1.05 bits per heavy atom. The average Bonchev–Trinajstić information content (AvgIpc) is 2.48. The molecule has 4 nitrogen and oxygen atoms in total. The lowest BCUT2D eigenvalue weighted by Gasteiger charge is -2.22. The molecule has 3 N–H and O–H groups in total. The lowest BCUT2D eigenvalue weighted by molar-refractivity contribution is 0.346. The molecule has 0 saturated carbocycles. The average molecular weight is 323 g/mol. The van der Waals surface area contributed by atoms with Gasteiger partial charge in [0.2, 0.25) is 0 Å². The second-order valence-corrected chi connectivity index (χ2v) is 6.96. The van der Waals surface area contributed by atoms with Crippen LogP contribution in [0.1, 0.15) is 29.8 Å². The highest BCUT2D eigenvalue weighted by atomic mass is 31.2. The summed E-state index contributed by atoms with van der Waals surface area (Å²) < 4.78 is 24.7. The molecule has 0 aliphatic rings. The second-order valence-electron chi connectivity index (χ2n) is 5.26. The molecule has 0 unspecified atom stereocenters. The Hall–Kier alpha value is -1.52. The third-order valence-electron chi connectivity index (χ3n) is 3.51. The molecule has 0 saturated heterocycles. The Labute approximate surface area is 129 Å². The third kappa shape index (κ3) is 4.49. The molecule has 2 aromatic carbocycles. The highest BCUT2D eigenvalue weighted by Gasteiger charge is 2.30. The minimum atomic E-state index is -4.39. The van der Waals surface area contributed by atoms with E-state index in [-0.39, 0.29) is 5.92 Å². The van der Waals surface area contributed by atoms with Crippen LogP contribution in [0.15, 0.2) is 54.6 Å². The Morgan fingerprint density at radius 3 is 2.18 bits per heavy atom. The van der Waals surface area contributed by atoms with Crippen molar-refractivity contribution in [2.24, 2.45) is 0 Å². The molecule has 2 rings (SSSR count). The van der Waals surface area contributed by atoms with Gasteiger partial charge in [-0.3, -0.25) is 9.88 Å². The van der Waals surface area contributed by atoms with E-state index in [0.717, 1.165) is 5.56 Å². The summed E-state index contributed by atoms with van der Waals surface area (Å²) in [5.41, 5.74) is 1.45. The quantitative estimate of drug-likeness (QED) is 0.713. The first-order valence-electron chi connectivity index (χ1n) is 6.97. The van der Waals surface area contributed by atoms with Crippen LogP contribution in [0.4, 0.5) is 4.39 Å². The van der Waals surface area contributed by atoms with Gasteiger partial charge in [0.25, 0.3) is 0 Å².